The second kappa shape index (κ2) is 7.35. The van der Waals surface area contributed by atoms with E-state index in [9.17, 15) is 0 Å². The molecule has 0 aromatic carbocycles. The summed E-state index contributed by atoms with van der Waals surface area (Å²) in [5, 5.41) is 0. The Morgan fingerprint density at radius 3 is 2.42 bits per heavy atom. The average Bonchev–Trinajstić information content (AvgIpc) is 2.46. The molecule has 2 N–H and O–H groups in total. The maximum absolute atomic E-state index is 5.69. The molecule has 5 nitrogen and oxygen atoms in total. The summed E-state index contributed by atoms with van der Waals surface area (Å²) in [7, 11) is 0. The number of halogens is 1. The predicted octanol–water partition coefficient (Wildman–Crippen LogP) is 1.33. The molecule has 1 aromatic rings. The topological polar surface area (TPSA) is 58.3 Å². The number of rotatable bonds is 5. The molecule has 6 heteroatoms. The SMILES string of the molecule is CCC(CCN)N1CCN(c2ncc(I)cn2)CC1. The molecule has 0 spiro atoms. The zero-order valence-electron chi connectivity index (χ0n) is 11.4. The Morgan fingerprint density at radius 2 is 1.89 bits per heavy atom. The Balaban J connectivity index is 1.89. The summed E-state index contributed by atoms with van der Waals surface area (Å²) in [6.45, 7) is 7.18. The molecule has 19 heavy (non-hydrogen) atoms. The van der Waals surface area contributed by atoms with E-state index in [2.05, 4.69) is 49.3 Å². The van der Waals surface area contributed by atoms with Gasteiger partial charge < -0.3 is 10.6 Å². The molecule has 1 saturated heterocycles. The van der Waals surface area contributed by atoms with Crippen molar-refractivity contribution in [3.05, 3.63) is 16.0 Å². The van der Waals surface area contributed by atoms with E-state index in [-0.39, 0.29) is 0 Å². The first-order chi connectivity index (χ1) is 9.24. The summed E-state index contributed by atoms with van der Waals surface area (Å²) >= 11 is 2.23. The van der Waals surface area contributed by atoms with Gasteiger partial charge in [-0.2, -0.15) is 0 Å². The van der Waals surface area contributed by atoms with E-state index < -0.39 is 0 Å². The summed E-state index contributed by atoms with van der Waals surface area (Å²) in [5.41, 5.74) is 5.69. The largest absolute Gasteiger partial charge is 0.338 e. The van der Waals surface area contributed by atoms with E-state index in [0.29, 0.717) is 6.04 Å². The Hall–Kier alpha value is -0.470. The Bertz CT molecular complexity index is 375. The van der Waals surface area contributed by atoms with Gasteiger partial charge in [-0.1, -0.05) is 6.92 Å². The number of hydrogen-bond donors (Lipinski definition) is 1. The van der Waals surface area contributed by atoms with Crippen LogP contribution in [-0.2, 0) is 0 Å². The smallest absolute Gasteiger partial charge is 0.225 e. The van der Waals surface area contributed by atoms with Gasteiger partial charge in [0.25, 0.3) is 0 Å². The predicted molar refractivity (Wildman–Crippen MR) is 86.3 cm³/mol. The summed E-state index contributed by atoms with van der Waals surface area (Å²) in [4.78, 5) is 13.6. The maximum Gasteiger partial charge on any atom is 0.225 e. The van der Waals surface area contributed by atoms with Crippen LogP contribution in [0.5, 0.6) is 0 Å². The molecule has 0 saturated carbocycles. The molecule has 106 valence electrons. The number of piperazine rings is 1. The molecule has 1 aliphatic heterocycles. The molecule has 2 heterocycles. The average molecular weight is 375 g/mol. The Kier molecular flexibility index (Phi) is 5.77. The highest BCUT2D eigenvalue weighted by Crippen LogP contribution is 2.15. The highest BCUT2D eigenvalue weighted by molar-refractivity contribution is 14.1. The number of aromatic nitrogens is 2. The molecule has 1 fully saturated rings. The number of nitrogens with zero attached hydrogens (tertiary/aromatic N) is 4. The quantitative estimate of drug-likeness (QED) is 0.787. The van der Waals surface area contributed by atoms with Crippen molar-refractivity contribution >= 4 is 28.5 Å². The van der Waals surface area contributed by atoms with Crippen LogP contribution in [0, 0.1) is 3.57 Å². The van der Waals surface area contributed by atoms with E-state index in [4.69, 9.17) is 5.73 Å². The lowest BCUT2D eigenvalue weighted by Gasteiger charge is -2.39. The Labute approximate surface area is 128 Å². The molecule has 1 atom stereocenters. The second-order valence-corrected chi connectivity index (χ2v) is 6.11. The monoisotopic (exact) mass is 375 g/mol. The minimum Gasteiger partial charge on any atom is -0.338 e. The summed E-state index contributed by atoms with van der Waals surface area (Å²) in [5.74, 6) is 0.854. The minimum absolute atomic E-state index is 0.629. The van der Waals surface area contributed by atoms with Gasteiger partial charge in [0.15, 0.2) is 0 Å². The Morgan fingerprint density at radius 1 is 1.26 bits per heavy atom. The number of hydrogen-bond acceptors (Lipinski definition) is 5. The third-order valence-corrected chi connectivity index (χ3v) is 4.25. The van der Waals surface area contributed by atoms with Crippen molar-refractivity contribution < 1.29 is 0 Å². The minimum atomic E-state index is 0.629. The zero-order valence-corrected chi connectivity index (χ0v) is 13.6. The van der Waals surface area contributed by atoms with Gasteiger partial charge in [-0.3, -0.25) is 4.90 Å². The zero-order chi connectivity index (χ0) is 13.7. The third kappa shape index (κ3) is 4.00. The van der Waals surface area contributed by atoms with E-state index in [1.807, 2.05) is 12.4 Å². The van der Waals surface area contributed by atoms with Crippen LogP contribution in [0.15, 0.2) is 12.4 Å². The lowest BCUT2D eigenvalue weighted by Crippen LogP contribution is -2.51. The van der Waals surface area contributed by atoms with Crippen LogP contribution in [0.2, 0.25) is 0 Å². The van der Waals surface area contributed by atoms with Crippen LogP contribution in [0.25, 0.3) is 0 Å². The fourth-order valence-corrected chi connectivity index (χ4v) is 2.87. The standard InChI is InChI=1S/C13H22IN5/c1-2-12(3-4-15)18-5-7-19(8-6-18)13-16-9-11(14)10-17-13/h9-10,12H,2-8,15H2,1H3. The first-order valence-corrected chi connectivity index (χ1v) is 7.99. The van der Waals surface area contributed by atoms with Crippen LogP contribution < -0.4 is 10.6 Å². The van der Waals surface area contributed by atoms with Crippen LogP contribution in [0.1, 0.15) is 19.8 Å². The number of anilines is 1. The first kappa shape index (κ1) is 14.9. The lowest BCUT2D eigenvalue weighted by molar-refractivity contribution is 0.172. The van der Waals surface area contributed by atoms with E-state index >= 15 is 0 Å². The summed E-state index contributed by atoms with van der Waals surface area (Å²) in [6, 6.07) is 0.629. The lowest BCUT2D eigenvalue weighted by atomic mass is 10.1. The van der Waals surface area contributed by atoms with Gasteiger partial charge in [0.2, 0.25) is 5.95 Å². The molecule has 0 amide bonds. The molecule has 0 bridgehead atoms. The van der Waals surface area contributed by atoms with Gasteiger partial charge in [0, 0.05) is 48.2 Å². The van der Waals surface area contributed by atoms with Gasteiger partial charge in [-0.05, 0) is 42.0 Å². The molecule has 0 aliphatic carbocycles. The van der Waals surface area contributed by atoms with Crippen molar-refractivity contribution in [3.63, 3.8) is 0 Å². The molecule has 1 aromatic heterocycles. The highest BCUT2D eigenvalue weighted by atomic mass is 127. The maximum atomic E-state index is 5.69. The van der Waals surface area contributed by atoms with Gasteiger partial charge in [0.05, 0.1) is 0 Å². The number of nitrogens with two attached hydrogens (primary N) is 1. The van der Waals surface area contributed by atoms with Crippen molar-refractivity contribution in [2.75, 3.05) is 37.6 Å². The molecule has 2 rings (SSSR count). The summed E-state index contributed by atoms with van der Waals surface area (Å²) < 4.78 is 1.08. The second-order valence-electron chi connectivity index (χ2n) is 4.86. The third-order valence-electron chi connectivity index (χ3n) is 3.69. The van der Waals surface area contributed by atoms with Crippen molar-refractivity contribution in [1.82, 2.24) is 14.9 Å². The van der Waals surface area contributed by atoms with Crippen LogP contribution in [0.4, 0.5) is 5.95 Å². The van der Waals surface area contributed by atoms with Crippen molar-refractivity contribution in [1.29, 1.82) is 0 Å². The summed E-state index contributed by atoms with van der Waals surface area (Å²) in [6.07, 6.45) is 6.02. The van der Waals surface area contributed by atoms with Crippen molar-refractivity contribution in [3.8, 4) is 0 Å². The molecular weight excluding hydrogens is 353 g/mol. The fraction of sp³-hybridized carbons (Fsp3) is 0.692. The van der Waals surface area contributed by atoms with Gasteiger partial charge in [0.1, 0.15) is 0 Å². The highest BCUT2D eigenvalue weighted by Gasteiger charge is 2.23. The molecule has 1 aliphatic rings. The van der Waals surface area contributed by atoms with E-state index in [0.717, 1.165) is 48.7 Å². The van der Waals surface area contributed by atoms with Gasteiger partial charge in [-0.25, -0.2) is 9.97 Å². The van der Waals surface area contributed by atoms with Crippen LogP contribution in [0.3, 0.4) is 0 Å². The van der Waals surface area contributed by atoms with Crippen LogP contribution >= 0.6 is 22.6 Å². The first-order valence-electron chi connectivity index (χ1n) is 6.91. The van der Waals surface area contributed by atoms with Gasteiger partial charge >= 0.3 is 0 Å². The van der Waals surface area contributed by atoms with Crippen molar-refractivity contribution in [2.45, 2.75) is 25.8 Å². The molecule has 0 radical (unpaired) electrons. The van der Waals surface area contributed by atoms with Crippen molar-refractivity contribution in [2.24, 2.45) is 5.73 Å². The molecule has 1 unspecified atom stereocenters. The van der Waals surface area contributed by atoms with E-state index in [1.54, 1.807) is 0 Å². The van der Waals surface area contributed by atoms with Crippen LogP contribution in [-0.4, -0.2) is 53.6 Å². The molecular formula is C13H22IN5. The van der Waals surface area contributed by atoms with E-state index in [1.165, 1.54) is 6.42 Å². The normalized spacial score (nSPS) is 18.6. The van der Waals surface area contributed by atoms with Gasteiger partial charge in [-0.15, -0.1) is 0 Å². The fourth-order valence-electron chi connectivity index (χ4n) is 2.59.